The molecule has 72 valence electrons. The molecule has 0 saturated carbocycles. The number of nitrogens with zero attached hydrogens (tertiary/aromatic N) is 1. The van der Waals surface area contributed by atoms with E-state index in [1.165, 1.54) is 6.20 Å². The number of hydrogen-bond acceptors (Lipinski definition) is 1. The fourth-order valence-electron chi connectivity index (χ4n) is 0.818. The fraction of sp³-hybridized carbons (Fsp3) is 0.375. The summed E-state index contributed by atoms with van der Waals surface area (Å²) in [6, 6.07) is 4.90. The van der Waals surface area contributed by atoms with Gasteiger partial charge in [0.2, 0.25) is 0 Å². The summed E-state index contributed by atoms with van der Waals surface area (Å²) in [6.07, 6.45) is -2.87. The van der Waals surface area contributed by atoms with Gasteiger partial charge in [-0.15, -0.1) is 0 Å². The maximum atomic E-state index is 12.1. The normalized spacial score (nSPS) is 14.2. The van der Waals surface area contributed by atoms with Crippen molar-refractivity contribution in [3.8, 4) is 0 Å². The maximum absolute atomic E-state index is 12.1. The molecule has 1 aromatic rings. The van der Waals surface area contributed by atoms with Gasteiger partial charge in [0.25, 0.3) is 0 Å². The number of halogens is 4. The van der Waals surface area contributed by atoms with Crippen LogP contribution in [0.2, 0.25) is 0 Å². The minimum absolute atomic E-state index is 0.135. The number of alkyl halides is 4. The van der Waals surface area contributed by atoms with Crippen LogP contribution in [0.5, 0.6) is 0 Å². The van der Waals surface area contributed by atoms with Crippen molar-refractivity contribution >= 4 is 15.9 Å². The Morgan fingerprint density at radius 3 is 2.54 bits per heavy atom. The van der Waals surface area contributed by atoms with E-state index < -0.39 is 11.0 Å². The Morgan fingerprint density at radius 2 is 2.08 bits per heavy atom. The largest absolute Gasteiger partial charge is 0.401 e. The zero-order valence-electron chi connectivity index (χ0n) is 6.55. The quantitative estimate of drug-likeness (QED) is 0.739. The van der Waals surface area contributed by atoms with Gasteiger partial charge in [-0.1, -0.05) is 22.0 Å². The summed E-state index contributed by atoms with van der Waals surface area (Å²) in [6.45, 7) is 0. The molecule has 5 heteroatoms. The van der Waals surface area contributed by atoms with E-state index in [4.69, 9.17) is 0 Å². The molecule has 0 aromatic carbocycles. The smallest absolute Gasteiger partial charge is 0.261 e. The highest BCUT2D eigenvalue weighted by molar-refractivity contribution is 9.09. The van der Waals surface area contributed by atoms with Crippen molar-refractivity contribution in [3.63, 3.8) is 0 Å². The van der Waals surface area contributed by atoms with Crippen LogP contribution in [0.15, 0.2) is 24.4 Å². The van der Waals surface area contributed by atoms with Gasteiger partial charge in [0.15, 0.2) is 0 Å². The summed E-state index contributed by atoms with van der Waals surface area (Å²) in [5.41, 5.74) is 0.432. The lowest BCUT2D eigenvalue weighted by atomic mass is 10.2. The molecule has 1 heterocycles. The maximum Gasteiger partial charge on any atom is 0.401 e. The molecular formula is C8H7BrF3N. The lowest BCUT2D eigenvalue weighted by molar-refractivity contribution is -0.126. The van der Waals surface area contributed by atoms with Crippen molar-refractivity contribution in [3.05, 3.63) is 30.1 Å². The van der Waals surface area contributed by atoms with Crippen LogP contribution < -0.4 is 0 Å². The van der Waals surface area contributed by atoms with Crippen LogP contribution in [0.4, 0.5) is 13.2 Å². The standard InChI is InChI=1S/C8H7BrF3N/c9-7(8(10,11)12)5-6-3-1-2-4-13-6/h1-4,7H,5H2. The predicted molar refractivity (Wildman–Crippen MR) is 46.7 cm³/mol. The molecule has 0 N–H and O–H groups in total. The summed E-state index contributed by atoms with van der Waals surface area (Å²) in [5, 5.41) is 0. The van der Waals surface area contributed by atoms with Gasteiger partial charge in [0.1, 0.15) is 4.83 Å². The van der Waals surface area contributed by atoms with Crippen molar-refractivity contribution < 1.29 is 13.2 Å². The summed E-state index contributed by atoms with van der Waals surface area (Å²) < 4.78 is 36.2. The molecule has 0 saturated heterocycles. The number of pyridine rings is 1. The van der Waals surface area contributed by atoms with Crippen molar-refractivity contribution in [1.29, 1.82) is 0 Å². The molecule has 0 aliphatic heterocycles. The predicted octanol–water partition coefficient (Wildman–Crippen LogP) is 2.95. The van der Waals surface area contributed by atoms with Gasteiger partial charge in [0, 0.05) is 18.3 Å². The van der Waals surface area contributed by atoms with Gasteiger partial charge in [-0.25, -0.2) is 0 Å². The van der Waals surface area contributed by atoms with E-state index in [1.807, 2.05) is 0 Å². The van der Waals surface area contributed by atoms with Gasteiger partial charge < -0.3 is 0 Å². The second kappa shape index (κ2) is 4.09. The van der Waals surface area contributed by atoms with Gasteiger partial charge in [-0.05, 0) is 12.1 Å². The van der Waals surface area contributed by atoms with Crippen LogP contribution in [0.25, 0.3) is 0 Å². The molecular weight excluding hydrogens is 247 g/mol. The minimum atomic E-state index is -4.21. The van der Waals surface area contributed by atoms with E-state index in [1.54, 1.807) is 18.2 Å². The van der Waals surface area contributed by atoms with Crippen molar-refractivity contribution in [1.82, 2.24) is 4.98 Å². The van der Waals surface area contributed by atoms with Gasteiger partial charge in [0.05, 0.1) is 0 Å². The monoisotopic (exact) mass is 253 g/mol. The second-order valence-electron chi connectivity index (χ2n) is 2.53. The second-order valence-corrected chi connectivity index (χ2v) is 3.64. The molecule has 0 amide bonds. The lowest BCUT2D eigenvalue weighted by Crippen LogP contribution is -2.25. The average Bonchev–Trinajstić information content (AvgIpc) is 2.04. The molecule has 13 heavy (non-hydrogen) atoms. The number of rotatable bonds is 2. The Balaban J connectivity index is 2.61. The topological polar surface area (TPSA) is 12.9 Å². The highest BCUT2D eigenvalue weighted by atomic mass is 79.9. The average molecular weight is 254 g/mol. The van der Waals surface area contributed by atoms with E-state index in [0.717, 1.165) is 0 Å². The molecule has 0 fully saturated rings. The summed E-state index contributed by atoms with van der Waals surface area (Å²) in [4.78, 5) is 2.28. The first-order chi connectivity index (χ1) is 6.00. The van der Waals surface area contributed by atoms with Crippen molar-refractivity contribution in [2.75, 3.05) is 0 Å². The first-order valence-corrected chi connectivity index (χ1v) is 4.52. The molecule has 0 spiro atoms. The van der Waals surface area contributed by atoms with Gasteiger partial charge in [-0.3, -0.25) is 4.98 Å². The molecule has 1 aromatic heterocycles. The third-order valence-corrected chi connectivity index (χ3v) is 2.31. The molecule has 1 unspecified atom stereocenters. The third-order valence-electron chi connectivity index (χ3n) is 1.47. The van der Waals surface area contributed by atoms with E-state index in [9.17, 15) is 13.2 Å². The highest BCUT2D eigenvalue weighted by Crippen LogP contribution is 2.28. The SMILES string of the molecule is FC(F)(F)C(Br)Cc1ccccn1. The summed E-state index contributed by atoms with van der Waals surface area (Å²) in [5.74, 6) is 0. The summed E-state index contributed by atoms with van der Waals surface area (Å²) in [7, 11) is 0. The molecule has 0 aliphatic rings. The Hall–Kier alpha value is -0.580. The number of aromatic nitrogens is 1. The lowest BCUT2D eigenvalue weighted by Gasteiger charge is -2.12. The molecule has 1 rings (SSSR count). The van der Waals surface area contributed by atoms with E-state index in [-0.39, 0.29) is 6.42 Å². The molecule has 1 nitrogen and oxygen atoms in total. The Kier molecular flexibility index (Phi) is 3.30. The van der Waals surface area contributed by atoms with Crippen LogP contribution in [-0.2, 0) is 6.42 Å². The van der Waals surface area contributed by atoms with Crippen LogP contribution in [-0.4, -0.2) is 16.0 Å². The van der Waals surface area contributed by atoms with Crippen LogP contribution >= 0.6 is 15.9 Å². The van der Waals surface area contributed by atoms with Crippen LogP contribution in [0.1, 0.15) is 5.69 Å². The van der Waals surface area contributed by atoms with Crippen LogP contribution in [0, 0.1) is 0 Å². The van der Waals surface area contributed by atoms with Gasteiger partial charge >= 0.3 is 6.18 Å². The molecule has 0 radical (unpaired) electrons. The van der Waals surface area contributed by atoms with E-state index >= 15 is 0 Å². The fourth-order valence-corrected chi connectivity index (χ4v) is 1.15. The zero-order valence-corrected chi connectivity index (χ0v) is 8.14. The Bertz CT molecular complexity index is 260. The Labute approximate surface area is 82.1 Å². The highest BCUT2D eigenvalue weighted by Gasteiger charge is 2.37. The third kappa shape index (κ3) is 3.34. The minimum Gasteiger partial charge on any atom is -0.261 e. The molecule has 1 atom stereocenters. The van der Waals surface area contributed by atoms with Gasteiger partial charge in [-0.2, -0.15) is 13.2 Å². The van der Waals surface area contributed by atoms with E-state index in [0.29, 0.717) is 5.69 Å². The van der Waals surface area contributed by atoms with Crippen LogP contribution in [0.3, 0.4) is 0 Å². The molecule has 0 bridgehead atoms. The molecule has 0 aliphatic carbocycles. The van der Waals surface area contributed by atoms with Crippen molar-refractivity contribution in [2.45, 2.75) is 17.4 Å². The van der Waals surface area contributed by atoms with Crippen molar-refractivity contribution in [2.24, 2.45) is 0 Å². The first-order valence-electron chi connectivity index (χ1n) is 3.61. The van der Waals surface area contributed by atoms with E-state index in [2.05, 4.69) is 20.9 Å². The first kappa shape index (κ1) is 10.5. The Morgan fingerprint density at radius 1 is 1.38 bits per heavy atom. The summed E-state index contributed by atoms with van der Waals surface area (Å²) >= 11 is 2.57. The number of hydrogen-bond donors (Lipinski definition) is 0. The zero-order chi connectivity index (χ0) is 9.90.